The number of hydrogen-bond acceptors (Lipinski definition) is 3. The van der Waals surface area contributed by atoms with Gasteiger partial charge in [0.15, 0.2) is 0 Å². The van der Waals surface area contributed by atoms with Crippen molar-refractivity contribution in [3.63, 3.8) is 0 Å². The predicted molar refractivity (Wildman–Crippen MR) is 94.7 cm³/mol. The normalized spacial score (nSPS) is 31.6. The van der Waals surface area contributed by atoms with E-state index in [0.717, 1.165) is 19.4 Å². The van der Waals surface area contributed by atoms with Gasteiger partial charge in [0.1, 0.15) is 0 Å². The molecular formula is C19H19NOS2. The fourth-order valence-corrected chi connectivity index (χ4v) is 6.34. The van der Waals surface area contributed by atoms with Crippen molar-refractivity contribution in [3.05, 3.63) is 56.4 Å². The molecule has 4 unspecified atom stereocenters. The molecule has 1 amide bonds. The summed E-state index contributed by atoms with van der Waals surface area (Å²) in [4.78, 5) is 18.3. The van der Waals surface area contributed by atoms with E-state index in [2.05, 4.69) is 46.0 Å². The summed E-state index contributed by atoms with van der Waals surface area (Å²) in [5, 5.41) is 4.30. The smallest absolute Gasteiger partial charge is 0.227 e. The van der Waals surface area contributed by atoms with Gasteiger partial charge in [0.25, 0.3) is 0 Å². The molecule has 2 aromatic heterocycles. The molecule has 4 heteroatoms. The number of carbonyl (C=O) groups excluding carboxylic acids is 1. The summed E-state index contributed by atoms with van der Waals surface area (Å²) in [5.41, 5.74) is 1.36. The van der Waals surface area contributed by atoms with Crippen LogP contribution in [0.15, 0.2) is 41.1 Å². The minimum absolute atomic E-state index is 0.139. The second kappa shape index (κ2) is 5.32. The Morgan fingerprint density at radius 2 is 2.09 bits per heavy atom. The minimum Gasteiger partial charge on any atom is -0.330 e. The van der Waals surface area contributed by atoms with Crippen LogP contribution >= 0.6 is 22.7 Å². The van der Waals surface area contributed by atoms with E-state index in [1.54, 1.807) is 11.3 Å². The Kier molecular flexibility index (Phi) is 3.24. The quantitative estimate of drug-likeness (QED) is 0.737. The van der Waals surface area contributed by atoms with E-state index in [1.807, 2.05) is 11.3 Å². The van der Waals surface area contributed by atoms with Crippen molar-refractivity contribution in [2.75, 3.05) is 6.54 Å². The molecule has 0 radical (unpaired) electrons. The zero-order valence-electron chi connectivity index (χ0n) is 12.9. The van der Waals surface area contributed by atoms with Gasteiger partial charge in [-0.2, -0.15) is 0 Å². The zero-order valence-corrected chi connectivity index (χ0v) is 14.5. The molecule has 5 rings (SSSR count). The number of fused-ring (bicyclic) bond motifs is 3. The molecule has 118 valence electrons. The summed E-state index contributed by atoms with van der Waals surface area (Å²) in [5.74, 6) is 1.74. The van der Waals surface area contributed by atoms with Crippen LogP contribution < -0.4 is 0 Å². The zero-order chi connectivity index (χ0) is 15.4. The highest BCUT2D eigenvalue weighted by molar-refractivity contribution is 7.10. The molecule has 0 aromatic carbocycles. The van der Waals surface area contributed by atoms with E-state index in [0.29, 0.717) is 17.7 Å². The molecule has 0 spiro atoms. The molecule has 0 saturated heterocycles. The van der Waals surface area contributed by atoms with Crippen molar-refractivity contribution >= 4 is 28.6 Å². The summed E-state index contributed by atoms with van der Waals surface area (Å²) >= 11 is 3.61. The average Bonchev–Trinajstić information content (AvgIpc) is 3.37. The van der Waals surface area contributed by atoms with Gasteiger partial charge in [-0.15, -0.1) is 22.7 Å². The lowest BCUT2D eigenvalue weighted by molar-refractivity contribution is -0.138. The van der Waals surface area contributed by atoms with Crippen molar-refractivity contribution in [1.29, 1.82) is 0 Å². The largest absolute Gasteiger partial charge is 0.330 e. The molecule has 23 heavy (non-hydrogen) atoms. The highest BCUT2D eigenvalue weighted by Gasteiger charge is 2.44. The molecule has 0 N–H and O–H groups in total. The van der Waals surface area contributed by atoms with E-state index in [4.69, 9.17) is 0 Å². The van der Waals surface area contributed by atoms with Crippen LogP contribution in [-0.2, 0) is 11.2 Å². The summed E-state index contributed by atoms with van der Waals surface area (Å²) in [6.07, 6.45) is 7.87. The molecule has 3 aliphatic rings. The van der Waals surface area contributed by atoms with Crippen LogP contribution in [-0.4, -0.2) is 17.4 Å². The number of allylic oxidation sites excluding steroid dienone is 2. The van der Waals surface area contributed by atoms with Gasteiger partial charge in [-0.1, -0.05) is 18.2 Å². The Balaban J connectivity index is 1.51. The van der Waals surface area contributed by atoms with Crippen LogP contribution in [0, 0.1) is 17.8 Å². The van der Waals surface area contributed by atoms with Crippen LogP contribution in [0.4, 0.5) is 0 Å². The van der Waals surface area contributed by atoms with Crippen molar-refractivity contribution in [2.45, 2.75) is 25.3 Å². The fourth-order valence-electron chi connectivity index (χ4n) is 4.59. The number of rotatable bonds is 2. The second-order valence-corrected chi connectivity index (χ2v) is 8.87. The van der Waals surface area contributed by atoms with Crippen molar-refractivity contribution < 1.29 is 4.79 Å². The van der Waals surface area contributed by atoms with Gasteiger partial charge in [-0.25, -0.2) is 0 Å². The third-order valence-corrected chi connectivity index (χ3v) is 7.58. The van der Waals surface area contributed by atoms with Crippen LogP contribution in [0.25, 0.3) is 0 Å². The topological polar surface area (TPSA) is 20.3 Å². The number of amides is 1. The second-order valence-electron chi connectivity index (χ2n) is 6.89. The van der Waals surface area contributed by atoms with Crippen LogP contribution in [0.2, 0.25) is 0 Å². The molecule has 1 fully saturated rings. The molecular weight excluding hydrogens is 322 g/mol. The Labute approximate surface area is 144 Å². The molecule has 2 aromatic rings. The first-order chi connectivity index (χ1) is 11.3. The van der Waals surface area contributed by atoms with Crippen molar-refractivity contribution in [2.24, 2.45) is 17.8 Å². The van der Waals surface area contributed by atoms with Crippen molar-refractivity contribution in [1.82, 2.24) is 4.90 Å². The Morgan fingerprint density at radius 3 is 2.83 bits per heavy atom. The molecule has 1 aliphatic heterocycles. The Hall–Kier alpha value is -1.39. The van der Waals surface area contributed by atoms with Crippen LogP contribution in [0.3, 0.4) is 0 Å². The van der Waals surface area contributed by atoms with Crippen molar-refractivity contribution in [3.8, 4) is 0 Å². The first kappa shape index (κ1) is 14.0. The lowest BCUT2D eigenvalue weighted by Gasteiger charge is -2.38. The SMILES string of the molecule is O=C(C1CC2C=CC1C2)N1CCc2sccc2C1c1cccs1. The maximum atomic E-state index is 13.3. The maximum Gasteiger partial charge on any atom is 0.227 e. The summed E-state index contributed by atoms with van der Waals surface area (Å²) in [7, 11) is 0. The third-order valence-electron chi connectivity index (χ3n) is 5.66. The average molecular weight is 342 g/mol. The predicted octanol–water partition coefficient (Wildman–Crippen LogP) is 4.50. The maximum absolute atomic E-state index is 13.3. The molecule has 2 aliphatic carbocycles. The van der Waals surface area contributed by atoms with Gasteiger partial charge >= 0.3 is 0 Å². The molecule has 4 atom stereocenters. The fraction of sp³-hybridized carbons (Fsp3) is 0.421. The first-order valence-corrected chi connectivity index (χ1v) is 10.2. The highest BCUT2D eigenvalue weighted by atomic mass is 32.1. The number of thiophene rings is 2. The van der Waals surface area contributed by atoms with Gasteiger partial charge in [0.2, 0.25) is 5.91 Å². The van der Waals surface area contributed by atoms with E-state index in [9.17, 15) is 4.79 Å². The van der Waals surface area contributed by atoms with Gasteiger partial charge < -0.3 is 4.90 Å². The number of hydrogen-bond donors (Lipinski definition) is 0. The summed E-state index contributed by atoms with van der Waals surface area (Å²) in [6.45, 7) is 0.868. The Bertz CT molecular complexity index is 760. The molecule has 1 saturated carbocycles. The van der Waals surface area contributed by atoms with E-state index < -0.39 is 0 Å². The molecule has 3 heterocycles. The van der Waals surface area contributed by atoms with Crippen LogP contribution in [0.5, 0.6) is 0 Å². The monoisotopic (exact) mass is 341 g/mol. The Morgan fingerprint density at radius 1 is 1.13 bits per heavy atom. The lowest BCUT2D eigenvalue weighted by Crippen LogP contribution is -2.43. The van der Waals surface area contributed by atoms with E-state index in [-0.39, 0.29) is 12.0 Å². The van der Waals surface area contributed by atoms with Crippen LogP contribution in [0.1, 0.15) is 34.2 Å². The van der Waals surface area contributed by atoms with Gasteiger partial charge in [0.05, 0.1) is 6.04 Å². The summed E-state index contributed by atoms with van der Waals surface area (Å²) < 4.78 is 0. The first-order valence-electron chi connectivity index (χ1n) is 8.40. The van der Waals surface area contributed by atoms with E-state index in [1.165, 1.54) is 21.7 Å². The highest BCUT2D eigenvalue weighted by Crippen LogP contribution is 2.47. The van der Waals surface area contributed by atoms with Gasteiger partial charge in [-0.05, 0) is 59.6 Å². The molecule has 2 nitrogen and oxygen atoms in total. The lowest BCUT2D eigenvalue weighted by atomic mass is 9.89. The number of nitrogens with zero attached hydrogens (tertiary/aromatic N) is 1. The molecule has 2 bridgehead atoms. The van der Waals surface area contributed by atoms with E-state index >= 15 is 0 Å². The minimum atomic E-state index is 0.139. The number of carbonyl (C=O) groups is 1. The summed E-state index contributed by atoms with van der Waals surface area (Å²) in [6, 6.07) is 6.65. The standard InChI is InChI=1S/C19H19NOS2/c21-19(15-11-12-3-4-13(15)10-12)20-7-5-16-14(6-9-23-16)18(20)17-2-1-8-22-17/h1-4,6,8-9,12-13,15,18H,5,7,10-11H2. The van der Waals surface area contributed by atoms with Gasteiger partial charge in [-0.3, -0.25) is 4.79 Å². The third kappa shape index (κ3) is 2.15. The van der Waals surface area contributed by atoms with Gasteiger partial charge in [0, 0.05) is 22.2 Å².